The van der Waals surface area contributed by atoms with Gasteiger partial charge >= 0.3 is 7.60 Å². The van der Waals surface area contributed by atoms with Gasteiger partial charge in [-0.15, -0.1) is 0 Å². The molecule has 2 N–H and O–H groups in total. The van der Waals surface area contributed by atoms with Crippen LogP contribution in [0.25, 0.3) is 0 Å². The molecule has 0 saturated carbocycles. The molecule has 0 fully saturated rings. The van der Waals surface area contributed by atoms with E-state index in [1.807, 2.05) is 0 Å². The molecule has 1 heterocycles. The molecule has 0 spiro atoms. The van der Waals surface area contributed by atoms with Crippen LogP contribution < -0.4 is 0 Å². The second-order valence-electron chi connectivity index (χ2n) is 2.21. The van der Waals surface area contributed by atoms with E-state index in [0.717, 1.165) is 0 Å². The molecule has 0 aromatic rings. The Hall–Kier alpha value is -0.640. The third kappa shape index (κ3) is 3.32. The van der Waals surface area contributed by atoms with E-state index >= 15 is 0 Å². The summed E-state index contributed by atoms with van der Waals surface area (Å²) in [6, 6.07) is 0. The predicted molar refractivity (Wildman–Crippen MR) is 41.2 cm³/mol. The van der Waals surface area contributed by atoms with Gasteiger partial charge in [-0.05, 0) is 6.08 Å². The van der Waals surface area contributed by atoms with Crippen molar-refractivity contribution in [2.24, 2.45) is 4.99 Å². The summed E-state index contributed by atoms with van der Waals surface area (Å²) in [5.41, 5.74) is 0. The molecule has 0 radical (unpaired) electrons. The minimum absolute atomic E-state index is 0.263. The van der Waals surface area contributed by atoms with Gasteiger partial charge in [0, 0.05) is 12.4 Å². The predicted octanol–water partition coefficient (Wildman–Crippen LogP) is -0.0208. The van der Waals surface area contributed by atoms with E-state index in [0.29, 0.717) is 6.67 Å². The number of hydrogen-bond donors (Lipinski definition) is 2. The van der Waals surface area contributed by atoms with Crippen molar-refractivity contribution >= 4 is 13.8 Å². The van der Waals surface area contributed by atoms with E-state index in [1.165, 1.54) is 4.90 Å². The summed E-state index contributed by atoms with van der Waals surface area (Å²) in [6.07, 6.45) is 4.57. The van der Waals surface area contributed by atoms with Crippen molar-refractivity contribution < 1.29 is 14.4 Å². The quantitative estimate of drug-likeness (QED) is 0.580. The fourth-order valence-electron chi connectivity index (χ4n) is 0.749. The lowest BCUT2D eigenvalue weighted by atomic mass is 10.6. The molecule has 6 heteroatoms. The minimum atomic E-state index is -3.93. The Balaban J connectivity index is 2.46. The van der Waals surface area contributed by atoms with Crippen molar-refractivity contribution in [3.8, 4) is 0 Å². The Kier molecular flexibility index (Phi) is 2.44. The smallest absolute Gasteiger partial charge is 0.344 e. The van der Waals surface area contributed by atoms with Crippen LogP contribution in [-0.2, 0) is 4.57 Å². The second-order valence-corrected chi connectivity index (χ2v) is 3.82. The molecule has 11 heavy (non-hydrogen) atoms. The first-order valence-corrected chi connectivity index (χ1v) is 4.83. The summed E-state index contributed by atoms with van der Waals surface area (Å²) < 4.78 is 10.5. The van der Waals surface area contributed by atoms with Crippen LogP contribution in [0.1, 0.15) is 0 Å². The van der Waals surface area contributed by atoms with Crippen LogP contribution in [0, 0.1) is 0 Å². The zero-order chi connectivity index (χ0) is 8.32. The molecule has 0 saturated heterocycles. The molecule has 0 atom stereocenters. The highest BCUT2D eigenvalue weighted by Crippen LogP contribution is 2.35. The average molecular weight is 176 g/mol. The maximum Gasteiger partial charge on any atom is 0.344 e. The highest BCUT2D eigenvalue weighted by atomic mass is 31.2. The molecule has 5 nitrogen and oxygen atoms in total. The van der Waals surface area contributed by atoms with Crippen molar-refractivity contribution in [3.05, 3.63) is 12.3 Å². The minimum Gasteiger partial charge on any atom is -0.346 e. The van der Waals surface area contributed by atoms with E-state index in [2.05, 4.69) is 4.99 Å². The van der Waals surface area contributed by atoms with Crippen LogP contribution >= 0.6 is 7.60 Å². The zero-order valence-electron chi connectivity index (χ0n) is 5.79. The maximum atomic E-state index is 10.5. The van der Waals surface area contributed by atoms with Crippen LogP contribution in [0.5, 0.6) is 0 Å². The Morgan fingerprint density at radius 1 is 1.64 bits per heavy atom. The van der Waals surface area contributed by atoms with Crippen molar-refractivity contribution in [1.29, 1.82) is 0 Å². The van der Waals surface area contributed by atoms with E-state index in [9.17, 15) is 4.57 Å². The second kappa shape index (κ2) is 3.17. The van der Waals surface area contributed by atoms with E-state index in [1.54, 1.807) is 18.5 Å². The van der Waals surface area contributed by atoms with Crippen molar-refractivity contribution in [1.82, 2.24) is 4.90 Å². The SMILES string of the molecule is O=P(O)(O)CN1C=CC=NC1. The molecule has 0 bridgehead atoms. The van der Waals surface area contributed by atoms with Gasteiger partial charge in [0.15, 0.2) is 0 Å². The highest BCUT2D eigenvalue weighted by molar-refractivity contribution is 7.51. The van der Waals surface area contributed by atoms with Gasteiger partial charge in [-0.2, -0.15) is 0 Å². The summed E-state index contributed by atoms with van der Waals surface area (Å²) >= 11 is 0. The first-order chi connectivity index (χ1) is 5.08. The van der Waals surface area contributed by atoms with Gasteiger partial charge in [0.1, 0.15) is 13.0 Å². The van der Waals surface area contributed by atoms with Crippen LogP contribution in [0.2, 0.25) is 0 Å². The summed E-state index contributed by atoms with van der Waals surface area (Å²) in [6.45, 7) is 0.321. The van der Waals surface area contributed by atoms with Gasteiger partial charge in [0.2, 0.25) is 0 Å². The van der Waals surface area contributed by atoms with Gasteiger partial charge in [0.05, 0.1) is 0 Å². The molecular formula is C5H9N2O3P. The van der Waals surface area contributed by atoms with Crippen LogP contribution in [-0.4, -0.2) is 33.9 Å². The molecule has 1 rings (SSSR count). The van der Waals surface area contributed by atoms with Crippen molar-refractivity contribution in [3.63, 3.8) is 0 Å². The van der Waals surface area contributed by atoms with Crippen LogP contribution in [0.15, 0.2) is 17.3 Å². The Bertz CT molecular complexity index is 232. The van der Waals surface area contributed by atoms with Gasteiger partial charge < -0.3 is 14.7 Å². The fraction of sp³-hybridized carbons (Fsp3) is 0.400. The normalized spacial score (nSPS) is 17.5. The standard InChI is InChI=1S/C5H9N2O3P/c8-11(9,10)5-7-3-1-2-6-4-7/h1-3H,4-5H2,(H2,8,9,10). The monoisotopic (exact) mass is 176 g/mol. The number of allylic oxidation sites excluding steroid dienone is 1. The van der Waals surface area contributed by atoms with Gasteiger partial charge in [-0.25, -0.2) is 0 Å². The molecule has 0 aliphatic carbocycles. The lowest BCUT2D eigenvalue weighted by molar-refractivity contribution is 0.332. The lowest BCUT2D eigenvalue weighted by Gasteiger charge is -2.19. The summed E-state index contributed by atoms with van der Waals surface area (Å²) in [7, 11) is -3.93. The summed E-state index contributed by atoms with van der Waals surface area (Å²) in [5.74, 6) is 0. The number of nitrogens with zero attached hydrogens (tertiary/aromatic N) is 2. The van der Waals surface area contributed by atoms with Crippen LogP contribution in [0.3, 0.4) is 0 Å². The molecule has 1 aliphatic heterocycles. The first kappa shape index (κ1) is 8.46. The van der Waals surface area contributed by atoms with E-state index in [4.69, 9.17) is 9.79 Å². The summed E-state index contributed by atoms with van der Waals surface area (Å²) in [5, 5.41) is 0. The van der Waals surface area contributed by atoms with Crippen molar-refractivity contribution in [2.45, 2.75) is 0 Å². The Labute approximate surface area is 64.2 Å². The largest absolute Gasteiger partial charge is 0.346 e. The zero-order valence-corrected chi connectivity index (χ0v) is 6.69. The topological polar surface area (TPSA) is 73.1 Å². The third-order valence-corrected chi connectivity index (χ3v) is 1.85. The maximum absolute atomic E-state index is 10.5. The van der Waals surface area contributed by atoms with E-state index < -0.39 is 7.60 Å². The molecule has 0 aromatic carbocycles. The van der Waals surface area contributed by atoms with Gasteiger partial charge in [0.25, 0.3) is 0 Å². The molecular weight excluding hydrogens is 167 g/mol. The van der Waals surface area contributed by atoms with Gasteiger partial charge in [-0.3, -0.25) is 9.56 Å². The lowest BCUT2D eigenvalue weighted by Crippen LogP contribution is -2.20. The van der Waals surface area contributed by atoms with Crippen molar-refractivity contribution in [2.75, 3.05) is 13.0 Å². The first-order valence-electron chi connectivity index (χ1n) is 3.03. The molecule has 0 amide bonds. The molecule has 62 valence electrons. The van der Waals surface area contributed by atoms with Gasteiger partial charge in [-0.1, -0.05) is 0 Å². The highest BCUT2D eigenvalue weighted by Gasteiger charge is 2.16. The Morgan fingerprint density at radius 3 is 2.82 bits per heavy atom. The molecule has 1 aliphatic rings. The Morgan fingerprint density at radius 2 is 2.36 bits per heavy atom. The average Bonchev–Trinajstić information content (AvgIpc) is 1.85. The number of hydrogen-bond acceptors (Lipinski definition) is 3. The fourth-order valence-corrected chi connectivity index (χ4v) is 1.41. The van der Waals surface area contributed by atoms with Crippen LogP contribution in [0.4, 0.5) is 0 Å². The molecule has 0 unspecified atom stereocenters. The number of rotatable bonds is 2. The molecule has 0 aromatic heterocycles. The van der Waals surface area contributed by atoms with E-state index in [-0.39, 0.29) is 6.29 Å². The summed E-state index contributed by atoms with van der Waals surface area (Å²) in [4.78, 5) is 22.4. The number of aliphatic imine (C=N–C) groups is 1. The third-order valence-electron chi connectivity index (χ3n) is 1.12.